The van der Waals surface area contributed by atoms with Crippen molar-refractivity contribution in [3.8, 4) is 0 Å². The molecule has 0 saturated carbocycles. The molecule has 0 spiro atoms. The first kappa shape index (κ1) is 60.0. The lowest BCUT2D eigenvalue weighted by atomic mass is 10.1. The zero-order valence-corrected chi connectivity index (χ0v) is 39.3. The van der Waals surface area contributed by atoms with Crippen LogP contribution in [0.5, 0.6) is 0 Å². The molecule has 0 amide bonds. The summed E-state index contributed by atoms with van der Waals surface area (Å²) in [4.78, 5) is 11.7. The Hall–Kier alpha value is -1.01. The highest BCUT2D eigenvalue weighted by Gasteiger charge is 2.03. The van der Waals surface area contributed by atoms with Gasteiger partial charge in [0.15, 0.2) is 0 Å². The van der Waals surface area contributed by atoms with Gasteiger partial charge in [-0.1, -0.05) is 117 Å². The van der Waals surface area contributed by atoms with Crippen molar-refractivity contribution in [3.05, 3.63) is 0 Å². The highest BCUT2D eigenvalue weighted by Crippen LogP contribution is 2.11. The molecule has 0 aliphatic carbocycles. The van der Waals surface area contributed by atoms with Crippen LogP contribution in [0.3, 0.4) is 0 Å². The lowest BCUT2D eigenvalue weighted by molar-refractivity contribution is -0.145. The van der Waals surface area contributed by atoms with Gasteiger partial charge in [-0.25, -0.2) is 0 Å². The largest absolute Gasteiger partial charge is 0.463 e. The Balaban J connectivity index is 3.09. The second-order valence-corrected chi connectivity index (χ2v) is 15.0. The molecule has 0 aromatic rings. The summed E-state index contributed by atoms with van der Waals surface area (Å²) in [7, 11) is 0. The van der Waals surface area contributed by atoms with Crippen molar-refractivity contribution in [2.45, 2.75) is 136 Å². The lowest BCUT2D eigenvalue weighted by Crippen LogP contribution is -2.15. The molecule has 0 aliphatic heterocycles. The number of ether oxygens (including phenoxy) is 13. The molecule has 0 aliphatic rings. The maximum absolute atomic E-state index is 11.7. The highest BCUT2D eigenvalue weighted by atomic mass is 16.6. The summed E-state index contributed by atoms with van der Waals surface area (Å²) >= 11 is 0. The zero-order valence-electron chi connectivity index (χ0n) is 39.3. The van der Waals surface area contributed by atoms with Crippen molar-refractivity contribution >= 4 is 5.97 Å². The van der Waals surface area contributed by atoms with E-state index in [4.69, 9.17) is 61.6 Å². The molecule has 0 aromatic heterocycles. The van der Waals surface area contributed by atoms with Gasteiger partial charge < -0.3 is 61.6 Å². The molecular weight excluding hydrogens is 789 g/mol. The quantitative estimate of drug-likeness (QED) is 0.0429. The van der Waals surface area contributed by atoms with E-state index in [9.17, 15) is 4.79 Å². The molecule has 0 radical (unpaired) electrons. The minimum absolute atomic E-state index is 0.140. The van der Waals surface area contributed by atoms with Gasteiger partial charge in [-0.05, 0) is 12.8 Å². The molecule has 0 fully saturated rings. The van der Waals surface area contributed by atoms with E-state index in [0.717, 1.165) is 25.9 Å². The first-order chi connectivity index (χ1) is 30.3. The molecule has 61 heavy (non-hydrogen) atoms. The van der Waals surface area contributed by atoms with Crippen molar-refractivity contribution < 1.29 is 66.4 Å². The predicted molar refractivity (Wildman–Crippen MR) is 240 cm³/mol. The third kappa shape index (κ3) is 57.0. The smallest absolute Gasteiger partial charge is 0.305 e. The standard InChI is InChI=1S/C47H94O14/c1-3-5-7-9-11-12-13-14-16-18-20-22-49-23-24-50-25-26-51-27-28-52-29-30-53-31-32-54-33-34-55-35-36-56-37-38-57-39-40-58-41-42-59-43-44-60-45-46-61-47(48)21-19-17-15-10-8-6-4-2/h3-46H2,1-2H3. The van der Waals surface area contributed by atoms with E-state index in [1.807, 2.05) is 0 Å². The van der Waals surface area contributed by atoms with Crippen LogP contribution in [-0.4, -0.2) is 171 Å². The van der Waals surface area contributed by atoms with Gasteiger partial charge in [0, 0.05) is 13.0 Å². The van der Waals surface area contributed by atoms with Gasteiger partial charge in [0.1, 0.15) is 6.61 Å². The molecule has 0 rings (SSSR count). The lowest BCUT2D eigenvalue weighted by Gasteiger charge is -2.09. The maximum atomic E-state index is 11.7. The van der Waals surface area contributed by atoms with E-state index in [1.54, 1.807) is 0 Å². The van der Waals surface area contributed by atoms with Crippen LogP contribution in [0.4, 0.5) is 0 Å². The van der Waals surface area contributed by atoms with E-state index in [1.165, 1.54) is 96.3 Å². The van der Waals surface area contributed by atoms with E-state index in [0.29, 0.717) is 158 Å². The summed E-state index contributed by atoms with van der Waals surface area (Å²) < 4.78 is 71.5. The molecule has 0 bridgehead atoms. The molecule has 14 nitrogen and oxygen atoms in total. The van der Waals surface area contributed by atoms with E-state index < -0.39 is 0 Å². The van der Waals surface area contributed by atoms with Crippen molar-refractivity contribution in [1.29, 1.82) is 0 Å². The number of unbranched alkanes of at least 4 members (excludes halogenated alkanes) is 16. The van der Waals surface area contributed by atoms with Crippen molar-refractivity contribution in [2.75, 3.05) is 165 Å². The molecule has 0 heterocycles. The van der Waals surface area contributed by atoms with Crippen LogP contribution in [0.15, 0.2) is 0 Å². The summed E-state index contributed by atoms with van der Waals surface area (Å²) in [5.41, 5.74) is 0. The number of hydrogen-bond acceptors (Lipinski definition) is 14. The van der Waals surface area contributed by atoms with Crippen LogP contribution in [0.2, 0.25) is 0 Å². The Morgan fingerprint density at radius 3 is 0.689 bits per heavy atom. The van der Waals surface area contributed by atoms with Crippen LogP contribution in [0.25, 0.3) is 0 Å². The van der Waals surface area contributed by atoms with Crippen LogP contribution in [0.1, 0.15) is 136 Å². The average Bonchev–Trinajstić information content (AvgIpc) is 3.27. The number of rotatable bonds is 56. The topological polar surface area (TPSA) is 137 Å². The predicted octanol–water partition coefficient (Wildman–Crippen LogP) is 8.18. The normalized spacial score (nSPS) is 11.6. The Morgan fingerprint density at radius 1 is 0.230 bits per heavy atom. The summed E-state index contributed by atoms with van der Waals surface area (Å²) in [6.45, 7) is 17.4. The van der Waals surface area contributed by atoms with Gasteiger partial charge in [0.05, 0.1) is 152 Å². The summed E-state index contributed by atoms with van der Waals surface area (Å²) in [6.07, 6.45) is 23.6. The minimum atomic E-state index is -0.140. The number of esters is 1. The average molecular weight is 883 g/mol. The molecule has 0 unspecified atom stereocenters. The van der Waals surface area contributed by atoms with Gasteiger partial charge >= 0.3 is 5.97 Å². The highest BCUT2D eigenvalue weighted by molar-refractivity contribution is 5.69. The fourth-order valence-corrected chi connectivity index (χ4v) is 5.90. The first-order valence-corrected chi connectivity index (χ1v) is 24.4. The molecule has 0 aromatic carbocycles. The van der Waals surface area contributed by atoms with Crippen molar-refractivity contribution in [3.63, 3.8) is 0 Å². The molecule has 366 valence electrons. The number of carbonyl (C=O) groups is 1. The number of carbonyl (C=O) groups excluding carboxylic acids is 1. The zero-order chi connectivity index (χ0) is 43.9. The van der Waals surface area contributed by atoms with Crippen LogP contribution in [-0.2, 0) is 66.4 Å². The second kappa shape index (κ2) is 57.0. The van der Waals surface area contributed by atoms with Gasteiger partial charge in [0.2, 0.25) is 0 Å². The SMILES string of the molecule is CCCCCCCCCCCCCOCCOCCOCCOCCOCCOCCOCCOCCOCCOCCOCCOCCOC(=O)CCCCCCCCC. The Labute approximate surface area is 372 Å². The van der Waals surface area contributed by atoms with Crippen molar-refractivity contribution in [1.82, 2.24) is 0 Å². The van der Waals surface area contributed by atoms with Crippen LogP contribution in [0, 0.1) is 0 Å². The van der Waals surface area contributed by atoms with Gasteiger partial charge in [-0.15, -0.1) is 0 Å². The van der Waals surface area contributed by atoms with Gasteiger partial charge in [0.25, 0.3) is 0 Å². The molecule has 14 heteroatoms. The van der Waals surface area contributed by atoms with Crippen molar-refractivity contribution in [2.24, 2.45) is 0 Å². The Kier molecular flexibility index (Phi) is 56.1. The monoisotopic (exact) mass is 883 g/mol. The molecular formula is C47H94O14. The van der Waals surface area contributed by atoms with E-state index in [2.05, 4.69) is 13.8 Å². The third-order valence-corrected chi connectivity index (χ3v) is 9.46. The summed E-state index contributed by atoms with van der Waals surface area (Å²) in [6, 6.07) is 0. The first-order valence-electron chi connectivity index (χ1n) is 24.4. The van der Waals surface area contributed by atoms with E-state index in [-0.39, 0.29) is 12.6 Å². The van der Waals surface area contributed by atoms with Crippen LogP contribution >= 0.6 is 0 Å². The Morgan fingerprint density at radius 2 is 0.426 bits per heavy atom. The molecule has 0 N–H and O–H groups in total. The minimum Gasteiger partial charge on any atom is -0.463 e. The van der Waals surface area contributed by atoms with Gasteiger partial charge in [-0.3, -0.25) is 4.79 Å². The second-order valence-electron chi connectivity index (χ2n) is 15.0. The Bertz CT molecular complexity index is 797. The molecule has 0 atom stereocenters. The number of hydrogen-bond donors (Lipinski definition) is 0. The third-order valence-electron chi connectivity index (χ3n) is 9.46. The fourth-order valence-electron chi connectivity index (χ4n) is 5.90. The van der Waals surface area contributed by atoms with E-state index >= 15 is 0 Å². The molecule has 0 saturated heterocycles. The van der Waals surface area contributed by atoms with Crippen LogP contribution < -0.4 is 0 Å². The summed E-state index contributed by atoms with van der Waals surface area (Å²) in [5, 5.41) is 0. The van der Waals surface area contributed by atoms with Gasteiger partial charge in [-0.2, -0.15) is 0 Å². The maximum Gasteiger partial charge on any atom is 0.305 e. The fraction of sp³-hybridized carbons (Fsp3) is 0.979. The summed E-state index contributed by atoms with van der Waals surface area (Å²) in [5.74, 6) is -0.140.